The zero-order valence-electron chi connectivity index (χ0n) is 9.77. The van der Waals surface area contributed by atoms with Crippen molar-refractivity contribution in [3.8, 4) is 0 Å². The molecule has 4 nitrogen and oxygen atoms in total. The van der Waals surface area contributed by atoms with Gasteiger partial charge in [0, 0.05) is 25.8 Å². The molecule has 0 aromatic carbocycles. The van der Waals surface area contributed by atoms with E-state index in [0.717, 1.165) is 19.6 Å². The van der Waals surface area contributed by atoms with Crippen molar-refractivity contribution < 1.29 is 0 Å². The summed E-state index contributed by atoms with van der Waals surface area (Å²) < 4.78 is 2.12. The second kappa shape index (κ2) is 3.52. The molecule has 0 amide bonds. The molecule has 84 valence electrons. The van der Waals surface area contributed by atoms with Crippen LogP contribution in [-0.2, 0) is 0 Å². The van der Waals surface area contributed by atoms with Crippen LogP contribution in [0.15, 0.2) is 12.5 Å². The Kier molecular flexibility index (Phi) is 2.46. The van der Waals surface area contributed by atoms with Crippen molar-refractivity contribution in [3.63, 3.8) is 0 Å². The fourth-order valence-corrected chi connectivity index (χ4v) is 2.08. The van der Waals surface area contributed by atoms with Gasteiger partial charge in [0.05, 0.1) is 12.4 Å². The van der Waals surface area contributed by atoms with Gasteiger partial charge in [-0.2, -0.15) is 0 Å². The maximum absolute atomic E-state index is 5.59. The van der Waals surface area contributed by atoms with Gasteiger partial charge in [-0.25, -0.2) is 4.98 Å². The minimum Gasteiger partial charge on any atom is -0.382 e. The number of hydrogen-bond donors (Lipinski definition) is 1. The normalized spacial score (nSPS) is 19.1. The molecule has 0 saturated carbocycles. The van der Waals surface area contributed by atoms with Crippen LogP contribution >= 0.6 is 0 Å². The van der Waals surface area contributed by atoms with Crippen LogP contribution in [0.25, 0.3) is 0 Å². The summed E-state index contributed by atoms with van der Waals surface area (Å²) in [6, 6.07) is 0.567. The molecule has 0 unspecified atom stereocenters. The highest BCUT2D eigenvalue weighted by molar-refractivity contribution is 5.23. The third-order valence-corrected chi connectivity index (χ3v) is 2.68. The van der Waals surface area contributed by atoms with Gasteiger partial charge in [0.15, 0.2) is 0 Å². The number of nitrogens with zero attached hydrogens (tertiary/aromatic N) is 3. The number of likely N-dealkylation sites (tertiary alicyclic amines) is 1. The molecule has 1 aliphatic rings. The molecule has 0 atom stereocenters. The smallest absolute Gasteiger partial charge is 0.141 e. The van der Waals surface area contributed by atoms with Crippen molar-refractivity contribution in [1.82, 2.24) is 14.5 Å². The number of hydrogen-bond acceptors (Lipinski definition) is 3. The van der Waals surface area contributed by atoms with E-state index in [4.69, 9.17) is 5.73 Å². The van der Waals surface area contributed by atoms with Crippen LogP contribution in [0, 0.1) is 5.41 Å². The van der Waals surface area contributed by atoms with Crippen LogP contribution in [0.5, 0.6) is 0 Å². The Balaban J connectivity index is 1.84. The van der Waals surface area contributed by atoms with E-state index in [1.54, 1.807) is 0 Å². The molecule has 1 saturated heterocycles. The predicted molar refractivity (Wildman–Crippen MR) is 61.6 cm³/mol. The lowest BCUT2D eigenvalue weighted by Crippen LogP contribution is -2.50. The third-order valence-electron chi connectivity index (χ3n) is 2.68. The van der Waals surface area contributed by atoms with Gasteiger partial charge in [-0.05, 0) is 5.41 Å². The molecule has 1 aromatic rings. The standard InChI is InChI=1S/C11H20N4/c1-11(2,3)7-14-4-9(5-14)15-6-10(12)13-8-15/h6,8-9H,4-5,7,12H2,1-3H3. The lowest BCUT2D eigenvalue weighted by atomic mass is 9.93. The molecule has 1 fully saturated rings. The molecule has 0 radical (unpaired) electrons. The maximum atomic E-state index is 5.59. The van der Waals surface area contributed by atoms with E-state index in [1.165, 1.54) is 0 Å². The number of aromatic nitrogens is 2. The van der Waals surface area contributed by atoms with Crippen molar-refractivity contribution in [1.29, 1.82) is 0 Å². The lowest BCUT2D eigenvalue weighted by molar-refractivity contribution is 0.0700. The Morgan fingerprint density at radius 2 is 2.13 bits per heavy atom. The van der Waals surface area contributed by atoms with E-state index < -0.39 is 0 Å². The summed E-state index contributed by atoms with van der Waals surface area (Å²) in [5, 5.41) is 0. The molecule has 0 aliphatic carbocycles. The molecular weight excluding hydrogens is 188 g/mol. The highest BCUT2D eigenvalue weighted by atomic mass is 15.3. The topological polar surface area (TPSA) is 47.1 Å². The summed E-state index contributed by atoms with van der Waals surface area (Å²) in [6.07, 6.45) is 3.74. The van der Waals surface area contributed by atoms with Crippen LogP contribution in [0.1, 0.15) is 26.8 Å². The second-order valence-corrected chi connectivity index (χ2v) is 5.65. The van der Waals surface area contributed by atoms with Gasteiger partial charge in [-0.1, -0.05) is 20.8 Å². The highest BCUT2D eigenvalue weighted by Gasteiger charge is 2.30. The van der Waals surface area contributed by atoms with E-state index in [1.807, 2.05) is 12.5 Å². The minimum atomic E-state index is 0.388. The van der Waals surface area contributed by atoms with Gasteiger partial charge in [0.2, 0.25) is 0 Å². The number of anilines is 1. The van der Waals surface area contributed by atoms with Crippen molar-refractivity contribution in [2.75, 3.05) is 25.4 Å². The highest BCUT2D eigenvalue weighted by Crippen LogP contribution is 2.26. The first-order chi connectivity index (χ1) is 6.94. The van der Waals surface area contributed by atoms with E-state index in [-0.39, 0.29) is 0 Å². The van der Waals surface area contributed by atoms with Crippen molar-refractivity contribution >= 4 is 5.82 Å². The largest absolute Gasteiger partial charge is 0.382 e. The summed E-state index contributed by atoms with van der Waals surface area (Å²) in [5.74, 6) is 0.615. The van der Waals surface area contributed by atoms with Crippen LogP contribution < -0.4 is 5.73 Å². The molecule has 15 heavy (non-hydrogen) atoms. The van der Waals surface area contributed by atoms with Gasteiger partial charge in [-0.3, -0.25) is 4.90 Å². The first-order valence-corrected chi connectivity index (χ1v) is 5.45. The van der Waals surface area contributed by atoms with Gasteiger partial charge >= 0.3 is 0 Å². The van der Waals surface area contributed by atoms with E-state index in [9.17, 15) is 0 Å². The number of imidazole rings is 1. The predicted octanol–water partition coefficient (Wildman–Crippen LogP) is 1.37. The van der Waals surface area contributed by atoms with Crippen molar-refractivity contribution in [2.24, 2.45) is 5.41 Å². The molecule has 2 N–H and O–H groups in total. The van der Waals surface area contributed by atoms with Crippen LogP contribution in [0.3, 0.4) is 0 Å². The Bertz CT molecular complexity index is 331. The Morgan fingerprint density at radius 3 is 2.60 bits per heavy atom. The quantitative estimate of drug-likeness (QED) is 0.798. The fraction of sp³-hybridized carbons (Fsp3) is 0.727. The summed E-state index contributed by atoms with van der Waals surface area (Å²) >= 11 is 0. The van der Waals surface area contributed by atoms with Gasteiger partial charge in [0.1, 0.15) is 5.82 Å². The summed E-state index contributed by atoms with van der Waals surface area (Å²) in [6.45, 7) is 10.2. The molecule has 2 heterocycles. The zero-order chi connectivity index (χ0) is 11.1. The molecule has 0 bridgehead atoms. The van der Waals surface area contributed by atoms with Crippen molar-refractivity contribution in [2.45, 2.75) is 26.8 Å². The number of nitrogen functional groups attached to an aromatic ring is 1. The minimum absolute atomic E-state index is 0.388. The molecular formula is C11H20N4. The van der Waals surface area contributed by atoms with Gasteiger partial charge < -0.3 is 10.3 Å². The summed E-state index contributed by atoms with van der Waals surface area (Å²) in [7, 11) is 0. The SMILES string of the molecule is CC(C)(C)CN1CC(n2cnc(N)c2)C1. The average Bonchev–Trinajstić information content (AvgIpc) is 2.41. The van der Waals surface area contributed by atoms with E-state index in [2.05, 4.69) is 35.2 Å². The lowest BCUT2D eigenvalue weighted by Gasteiger charge is -2.42. The maximum Gasteiger partial charge on any atom is 0.141 e. The average molecular weight is 208 g/mol. The van der Waals surface area contributed by atoms with Crippen LogP contribution in [0.4, 0.5) is 5.82 Å². The molecule has 4 heteroatoms. The van der Waals surface area contributed by atoms with E-state index >= 15 is 0 Å². The van der Waals surface area contributed by atoms with Gasteiger partial charge in [-0.15, -0.1) is 0 Å². The summed E-state index contributed by atoms with van der Waals surface area (Å²) in [4.78, 5) is 6.51. The Labute approximate surface area is 91.1 Å². The third kappa shape index (κ3) is 2.50. The zero-order valence-corrected chi connectivity index (χ0v) is 9.77. The molecule has 1 aromatic heterocycles. The molecule has 1 aliphatic heterocycles. The number of rotatable bonds is 2. The number of nitrogens with two attached hydrogens (primary N) is 1. The Morgan fingerprint density at radius 1 is 1.47 bits per heavy atom. The van der Waals surface area contributed by atoms with Crippen LogP contribution in [-0.4, -0.2) is 34.1 Å². The first kappa shape index (κ1) is 10.5. The second-order valence-electron chi connectivity index (χ2n) is 5.65. The molecule has 2 rings (SSSR count). The Hall–Kier alpha value is -1.03. The van der Waals surface area contributed by atoms with Crippen LogP contribution in [0.2, 0.25) is 0 Å². The molecule has 0 spiro atoms. The first-order valence-electron chi connectivity index (χ1n) is 5.45. The fourth-order valence-electron chi connectivity index (χ4n) is 2.08. The van der Waals surface area contributed by atoms with E-state index in [0.29, 0.717) is 17.3 Å². The van der Waals surface area contributed by atoms with Crippen molar-refractivity contribution in [3.05, 3.63) is 12.5 Å². The van der Waals surface area contributed by atoms with Gasteiger partial charge in [0.25, 0.3) is 0 Å². The monoisotopic (exact) mass is 208 g/mol. The summed E-state index contributed by atoms with van der Waals surface area (Å²) in [5.41, 5.74) is 5.97.